The summed E-state index contributed by atoms with van der Waals surface area (Å²) in [5.41, 5.74) is 0. The maximum atomic E-state index is 3.31. The van der Waals surface area contributed by atoms with E-state index in [1.807, 2.05) is 30.3 Å². The van der Waals surface area contributed by atoms with E-state index in [0.29, 0.717) is 0 Å². The van der Waals surface area contributed by atoms with Crippen molar-refractivity contribution in [2.45, 2.75) is 72.6 Å². The van der Waals surface area contributed by atoms with Crippen LogP contribution in [0.25, 0.3) is 0 Å². The van der Waals surface area contributed by atoms with Crippen molar-refractivity contribution in [3.8, 4) is 0 Å². The molecule has 1 rings (SSSR count). The molecular formula is C18H33BrSn. The molecule has 0 saturated carbocycles. The first kappa shape index (κ1) is 20.5. The van der Waals surface area contributed by atoms with Crippen molar-refractivity contribution < 1.29 is 0 Å². The summed E-state index contributed by atoms with van der Waals surface area (Å²) in [4.78, 5) is 0. The van der Waals surface area contributed by atoms with Crippen LogP contribution in [0, 0.1) is 0 Å². The van der Waals surface area contributed by atoms with Gasteiger partial charge < -0.3 is 0 Å². The fourth-order valence-electron chi connectivity index (χ4n) is 2.33. The number of hydrogen-bond acceptors (Lipinski definition) is 0. The van der Waals surface area contributed by atoms with Crippen LogP contribution in [0.2, 0.25) is 13.3 Å². The molecule has 0 atom stereocenters. The van der Waals surface area contributed by atoms with E-state index in [2.05, 4.69) is 36.7 Å². The Balaban J connectivity index is 0.000000428. The van der Waals surface area contributed by atoms with Gasteiger partial charge >= 0.3 is 92.4 Å². The van der Waals surface area contributed by atoms with Gasteiger partial charge in [0, 0.05) is 4.47 Å². The summed E-state index contributed by atoms with van der Waals surface area (Å²) in [6.07, 6.45) is 8.87. The van der Waals surface area contributed by atoms with Gasteiger partial charge in [0.1, 0.15) is 0 Å². The minimum absolute atomic E-state index is 0.967. The summed E-state index contributed by atoms with van der Waals surface area (Å²) in [7, 11) is 0. The molecule has 0 aliphatic rings. The molecule has 0 spiro atoms. The first-order chi connectivity index (χ1) is 9.74. The molecule has 0 aliphatic carbocycles. The normalized spacial score (nSPS) is 10.2. The Labute approximate surface area is 142 Å². The van der Waals surface area contributed by atoms with E-state index < -0.39 is 19.8 Å². The molecule has 0 N–H and O–H groups in total. The van der Waals surface area contributed by atoms with Gasteiger partial charge in [-0.05, 0) is 12.1 Å². The van der Waals surface area contributed by atoms with E-state index in [4.69, 9.17) is 0 Å². The van der Waals surface area contributed by atoms with Crippen LogP contribution in [0.4, 0.5) is 0 Å². The van der Waals surface area contributed by atoms with Crippen LogP contribution in [0.5, 0.6) is 0 Å². The summed E-state index contributed by atoms with van der Waals surface area (Å²) < 4.78 is 6.21. The van der Waals surface area contributed by atoms with Crippen LogP contribution in [0.3, 0.4) is 0 Å². The van der Waals surface area contributed by atoms with E-state index in [1.54, 1.807) is 13.3 Å². The molecule has 0 amide bonds. The standard InChI is InChI=1S/C6H5Br.3C4H9.Sn.H/c7-6-4-2-1-3-5-6;3*1-3-4-2;;/h1-5H;3*1,3-4H2,2H3;;. The number of rotatable bonds is 9. The van der Waals surface area contributed by atoms with Crippen LogP contribution in [0.1, 0.15) is 59.3 Å². The van der Waals surface area contributed by atoms with Crippen molar-refractivity contribution in [2.75, 3.05) is 0 Å². The molecule has 0 radical (unpaired) electrons. The molecule has 0 nitrogen and oxygen atoms in total. The van der Waals surface area contributed by atoms with Gasteiger partial charge in [-0.2, -0.15) is 0 Å². The molecule has 20 heavy (non-hydrogen) atoms. The average Bonchev–Trinajstić information content (AvgIpc) is 2.48. The van der Waals surface area contributed by atoms with Gasteiger partial charge in [-0.15, -0.1) is 0 Å². The molecule has 116 valence electrons. The van der Waals surface area contributed by atoms with Crippen molar-refractivity contribution in [3.05, 3.63) is 34.8 Å². The van der Waals surface area contributed by atoms with Gasteiger partial charge in [0.2, 0.25) is 0 Å². The molecule has 0 saturated heterocycles. The monoisotopic (exact) mass is 448 g/mol. The summed E-state index contributed by atoms with van der Waals surface area (Å²) in [6, 6.07) is 9.97. The van der Waals surface area contributed by atoms with Gasteiger partial charge in [-0.3, -0.25) is 0 Å². The average molecular weight is 448 g/mol. The van der Waals surface area contributed by atoms with Crippen molar-refractivity contribution in [1.29, 1.82) is 0 Å². The third-order valence-corrected chi connectivity index (χ3v) is 14.6. The summed E-state index contributed by atoms with van der Waals surface area (Å²) in [5, 5.41) is 0. The van der Waals surface area contributed by atoms with Gasteiger partial charge in [-0.1, -0.05) is 34.1 Å². The van der Waals surface area contributed by atoms with Crippen molar-refractivity contribution in [2.24, 2.45) is 0 Å². The van der Waals surface area contributed by atoms with Crippen molar-refractivity contribution in [3.63, 3.8) is 0 Å². The minimum atomic E-state index is -0.967. The molecule has 0 aliphatic heterocycles. The molecule has 0 fully saturated rings. The van der Waals surface area contributed by atoms with Crippen LogP contribution in [-0.2, 0) is 0 Å². The Morgan fingerprint density at radius 2 is 1.15 bits per heavy atom. The van der Waals surface area contributed by atoms with E-state index in [9.17, 15) is 0 Å². The first-order valence-electron chi connectivity index (χ1n) is 8.45. The van der Waals surface area contributed by atoms with Crippen molar-refractivity contribution >= 4 is 35.7 Å². The summed E-state index contributed by atoms with van der Waals surface area (Å²) in [5.74, 6) is 0. The number of hydrogen-bond donors (Lipinski definition) is 0. The zero-order valence-corrected chi connectivity index (χ0v) is 18.6. The Kier molecular flexibility index (Phi) is 16.3. The fourth-order valence-corrected chi connectivity index (χ4v) is 13.5. The zero-order valence-electron chi connectivity index (χ0n) is 13.7. The molecule has 2 heteroatoms. The van der Waals surface area contributed by atoms with Crippen LogP contribution in [0.15, 0.2) is 34.8 Å². The Hall–Kier alpha value is 0.499. The van der Waals surface area contributed by atoms with E-state index in [-0.39, 0.29) is 0 Å². The molecule has 0 bridgehead atoms. The molecule has 1 aromatic carbocycles. The first-order valence-corrected chi connectivity index (χ1v) is 16.2. The molecular weight excluding hydrogens is 415 g/mol. The third-order valence-electron chi connectivity index (χ3n) is 3.63. The SMILES string of the molecule is Brc1ccccc1.CCC[CH2][SnH]([CH2]CCC)[CH2]CCC. The third kappa shape index (κ3) is 13.5. The second-order valence-corrected chi connectivity index (χ2v) is 16.4. The van der Waals surface area contributed by atoms with E-state index in [1.165, 1.54) is 38.5 Å². The second kappa shape index (κ2) is 15.9. The summed E-state index contributed by atoms with van der Waals surface area (Å²) >= 11 is 2.34. The Bertz CT molecular complexity index is 268. The topological polar surface area (TPSA) is 0 Å². The van der Waals surface area contributed by atoms with Gasteiger partial charge in [0.05, 0.1) is 0 Å². The molecule has 0 unspecified atom stereocenters. The van der Waals surface area contributed by atoms with Crippen LogP contribution < -0.4 is 0 Å². The number of halogens is 1. The number of benzene rings is 1. The molecule has 0 heterocycles. The Morgan fingerprint density at radius 3 is 1.40 bits per heavy atom. The quantitative estimate of drug-likeness (QED) is 0.355. The predicted molar refractivity (Wildman–Crippen MR) is 100 cm³/mol. The fraction of sp³-hybridized carbons (Fsp3) is 0.667. The molecule has 1 aromatic rings. The second-order valence-electron chi connectivity index (χ2n) is 5.59. The van der Waals surface area contributed by atoms with E-state index >= 15 is 0 Å². The van der Waals surface area contributed by atoms with E-state index in [0.717, 1.165) is 4.47 Å². The Morgan fingerprint density at radius 1 is 0.750 bits per heavy atom. The van der Waals surface area contributed by atoms with Crippen LogP contribution in [-0.4, -0.2) is 19.8 Å². The van der Waals surface area contributed by atoms with Gasteiger partial charge in [0.25, 0.3) is 0 Å². The molecule has 0 aromatic heterocycles. The van der Waals surface area contributed by atoms with Gasteiger partial charge in [0.15, 0.2) is 0 Å². The van der Waals surface area contributed by atoms with Gasteiger partial charge in [-0.25, -0.2) is 0 Å². The predicted octanol–water partition coefficient (Wildman–Crippen LogP) is 7.06. The maximum absolute atomic E-state index is 3.31. The van der Waals surface area contributed by atoms with Crippen LogP contribution >= 0.6 is 15.9 Å². The van der Waals surface area contributed by atoms with Crippen molar-refractivity contribution in [1.82, 2.24) is 0 Å². The zero-order chi connectivity index (χ0) is 15.1. The summed E-state index contributed by atoms with van der Waals surface area (Å²) in [6.45, 7) is 7.01. The number of unbranched alkanes of at least 4 members (excludes halogenated alkanes) is 3.